The van der Waals surface area contributed by atoms with Crippen LogP contribution >= 0.6 is 11.6 Å². The molecule has 2 heterocycles. The van der Waals surface area contributed by atoms with Crippen LogP contribution in [-0.4, -0.2) is 74.7 Å². The van der Waals surface area contributed by atoms with Gasteiger partial charge < -0.3 is 30.1 Å². The molecule has 1 unspecified atom stereocenters. The number of nitrogens with one attached hydrogen (secondary N) is 2. The standard InChI is InChI=1S/C31H39ClN4O7/c1-8-17-15-31(17,27(39)40)35-25(37)22-14-19(42-23-11-12-33-21-13-18(32)9-10-20(21)23)16-36(22)26(38)24(29(2,3)4)34-28(41)43-30(5,6)7/h8-13,17,19,22,24H,1,14-16H2,2-7H3,(H,34,41)(H,35,37)(H,39,40)/t17-,19+,22-,24+,31?/m0/s1. The zero-order valence-corrected chi connectivity index (χ0v) is 26.0. The molecule has 11 nitrogen and oxygen atoms in total. The van der Waals surface area contributed by atoms with Gasteiger partial charge in [-0.3, -0.25) is 14.6 Å². The second-order valence-electron chi connectivity index (χ2n) is 13.2. The molecule has 1 aliphatic heterocycles. The minimum atomic E-state index is -1.48. The minimum Gasteiger partial charge on any atom is -0.488 e. The van der Waals surface area contributed by atoms with Gasteiger partial charge in [0.15, 0.2) is 0 Å². The molecular weight excluding hydrogens is 576 g/mol. The van der Waals surface area contributed by atoms with Gasteiger partial charge in [0.25, 0.3) is 0 Å². The number of amides is 3. The van der Waals surface area contributed by atoms with E-state index in [9.17, 15) is 24.3 Å². The number of nitrogens with zero attached hydrogens (tertiary/aromatic N) is 2. The molecule has 0 radical (unpaired) electrons. The molecule has 1 saturated heterocycles. The minimum absolute atomic E-state index is 0.0157. The zero-order valence-electron chi connectivity index (χ0n) is 25.3. The molecule has 3 amide bonds. The highest BCUT2D eigenvalue weighted by molar-refractivity contribution is 6.31. The van der Waals surface area contributed by atoms with Gasteiger partial charge in [0, 0.05) is 28.9 Å². The summed E-state index contributed by atoms with van der Waals surface area (Å²) in [7, 11) is 0. The maximum Gasteiger partial charge on any atom is 0.408 e. The number of ether oxygens (including phenoxy) is 2. The van der Waals surface area contributed by atoms with E-state index in [1.54, 1.807) is 72.0 Å². The first-order valence-corrected chi connectivity index (χ1v) is 14.5. The summed E-state index contributed by atoms with van der Waals surface area (Å²) < 4.78 is 11.7. The van der Waals surface area contributed by atoms with Crippen LogP contribution in [0.25, 0.3) is 10.9 Å². The van der Waals surface area contributed by atoms with Crippen molar-refractivity contribution in [3.63, 3.8) is 0 Å². The van der Waals surface area contributed by atoms with E-state index in [2.05, 4.69) is 22.2 Å². The molecule has 2 aliphatic rings. The third kappa shape index (κ3) is 7.04. The summed E-state index contributed by atoms with van der Waals surface area (Å²) in [5.41, 5.74) is -2.42. The Morgan fingerprint density at radius 3 is 2.47 bits per heavy atom. The number of hydrogen-bond donors (Lipinski definition) is 3. The van der Waals surface area contributed by atoms with E-state index in [1.165, 1.54) is 11.0 Å². The number of halogens is 1. The average Bonchev–Trinajstić information content (AvgIpc) is 3.45. The van der Waals surface area contributed by atoms with E-state index < -0.39 is 64.5 Å². The van der Waals surface area contributed by atoms with Gasteiger partial charge in [0.2, 0.25) is 11.8 Å². The first kappa shape index (κ1) is 32.1. The number of carboxylic acid groups (broad SMARTS) is 1. The van der Waals surface area contributed by atoms with Gasteiger partial charge in [0.05, 0.1) is 12.1 Å². The van der Waals surface area contributed by atoms with E-state index >= 15 is 0 Å². The van der Waals surface area contributed by atoms with Gasteiger partial charge >= 0.3 is 12.1 Å². The molecule has 1 aromatic carbocycles. The Kier molecular flexibility index (Phi) is 8.70. The van der Waals surface area contributed by atoms with Gasteiger partial charge in [0.1, 0.15) is 35.1 Å². The Bertz CT molecular complexity index is 1450. The molecule has 1 aromatic heterocycles. The lowest BCUT2D eigenvalue weighted by molar-refractivity contribution is -0.146. The lowest BCUT2D eigenvalue weighted by Gasteiger charge is -2.35. The molecule has 12 heteroatoms. The van der Waals surface area contributed by atoms with Crippen LogP contribution < -0.4 is 15.4 Å². The number of carbonyl (C=O) groups excluding carboxylic acids is 3. The third-order valence-electron chi connectivity index (χ3n) is 7.61. The molecule has 2 aromatic rings. The number of alkyl carbamates (subject to hydrolysis) is 1. The smallest absolute Gasteiger partial charge is 0.408 e. The number of carboxylic acids is 1. The van der Waals surface area contributed by atoms with Crippen LogP contribution in [0.3, 0.4) is 0 Å². The van der Waals surface area contributed by atoms with E-state index in [1.807, 2.05) is 0 Å². The maximum atomic E-state index is 14.2. The van der Waals surface area contributed by atoms with Crippen molar-refractivity contribution in [2.45, 2.75) is 83.7 Å². The molecule has 4 rings (SSSR count). The Balaban J connectivity index is 1.64. The molecule has 0 spiro atoms. The van der Waals surface area contributed by atoms with Crippen LogP contribution in [0.1, 0.15) is 54.4 Å². The summed E-state index contributed by atoms with van der Waals surface area (Å²) in [6, 6.07) is 4.77. The van der Waals surface area contributed by atoms with Crippen molar-refractivity contribution in [3.05, 3.63) is 48.1 Å². The van der Waals surface area contributed by atoms with Crippen molar-refractivity contribution < 1.29 is 33.8 Å². The van der Waals surface area contributed by atoms with Gasteiger partial charge in [-0.15, -0.1) is 6.58 Å². The van der Waals surface area contributed by atoms with Crippen molar-refractivity contribution in [1.82, 2.24) is 20.5 Å². The Morgan fingerprint density at radius 2 is 1.88 bits per heavy atom. The van der Waals surface area contributed by atoms with Crippen molar-refractivity contribution in [3.8, 4) is 5.75 Å². The number of rotatable bonds is 8. The highest BCUT2D eigenvalue weighted by Gasteiger charge is 2.61. The Labute approximate surface area is 255 Å². The quantitative estimate of drug-likeness (QED) is 0.373. The van der Waals surface area contributed by atoms with Crippen LogP contribution in [0.5, 0.6) is 5.75 Å². The van der Waals surface area contributed by atoms with Gasteiger partial charge in [-0.1, -0.05) is 38.4 Å². The van der Waals surface area contributed by atoms with Gasteiger partial charge in [-0.25, -0.2) is 9.59 Å². The second kappa shape index (κ2) is 11.7. The topological polar surface area (TPSA) is 147 Å². The summed E-state index contributed by atoms with van der Waals surface area (Å²) in [6.07, 6.45) is 1.97. The fourth-order valence-corrected chi connectivity index (χ4v) is 5.48. The van der Waals surface area contributed by atoms with Crippen molar-refractivity contribution in [2.75, 3.05) is 6.54 Å². The summed E-state index contributed by atoms with van der Waals surface area (Å²) >= 11 is 6.13. The molecule has 1 aliphatic carbocycles. The van der Waals surface area contributed by atoms with Crippen LogP contribution in [-0.2, 0) is 19.1 Å². The molecule has 232 valence electrons. The molecular formula is C31H39ClN4O7. The summed E-state index contributed by atoms with van der Waals surface area (Å²) in [6.45, 7) is 14.2. The molecule has 1 saturated carbocycles. The number of carbonyl (C=O) groups is 4. The molecule has 5 atom stereocenters. The Morgan fingerprint density at radius 1 is 1.19 bits per heavy atom. The average molecular weight is 615 g/mol. The molecule has 0 bridgehead atoms. The summed E-state index contributed by atoms with van der Waals surface area (Å²) in [5.74, 6) is -2.25. The van der Waals surface area contributed by atoms with Crippen LogP contribution in [0, 0.1) is 11.3 Å². The van der Waals surface area contributed by atoms with Gasteiger partial charge in [-0.05, 0) is 56.9 Å². The van der Waals surface area contributed by atoms with E-state index in [4.69, 9.17) is 21.1 Å². The number of hydrogen-bond acceptors (Lipinski definition) is 7. The van der Waals surface area contributed by atoms with Crippen molar-refractivity contribution >= 4 is 46.4 Å². The predicted molar refractivity (Wildman–Crippen MR) is 161 cm³/mol. The van der Waals surface area contributed by atoms with Crippen LogP contribution in [0.15, 0.2) is 43.1 Å². The fraction of sp³-hybridized carbons (Fsp3) is 0.516. The van der Waals surface area contributed by atoms with Crippen molar-refractivity contribution in [2.24, 2.45) is 11.3 Å². The number of fused-ring (bicyclic) bond motifs is 1. The normalized spacial score (nSPS) is 24.2. The number of benzene rings is 1. The lowest BCUT2D eigenvalue weighted by atomic mass is 9.85. The third-order valence-corrected chi connectivity index (χ3v) is 7.84. The first-order valence-electron chi connectivity index (χ1n) is 14.1. The van der Waals surface area contributed by atoms with Gasteiger partial charge in [-0.2, -0.15) is 0 Å². The zero-order chi connectivity index (χ0) is 31.9. The SMILES string of the molecule is C=C[C@H]1CC1(NC(=O)[C@@H]1C[C@@H](Oc2ccnc3cc(Cl)ccc23)CN1C(=O)[C@@H](NC(=O)OC(C)(C)C)C(C)(C)C)C(=O)O. The highest BCUT2D eigenvalue weighted by Crippen LogP contribution is 2.45. The molecule has 3 N–H and O–H groups in total. The van der Waals surface area contributed by atoms with Crippen LogP contribution in [0.4, 0.5) is 4.79 Å². The number of likely N-dealkylation sites (tertiary alicyclic amines) is 1. The summed E-state index contributed by atoms with van der Waals surface area (Å²) in [4.78, 5) is 58.4. The highest BCUT2D eigenvalue weighted by atomic mass is 35.5. The lowest BCUT2D eigenvalue weighted by Crippen LogP contribution is -2.59. The summed E-state index contributed by atoms with van der Waals surface area (Å²) in [5, 5.41) is 16.5. The predicted octanol–water partition coefficient (Wildman–Crippen LogP) is 4.32. The van der Waals surface area contributed by atoms with E-state index in [-0.39, 0.29) is 19.4 Å². The first-order chi connectivity index (χ1) is 19.9. The van der Waals surface area contributed by atoms with Crippen LogP contribution in [0.2, 0.25) is 5.02 Å². The van der Waals surface area contributed by atoms with Crippen molar-refractivity contribution in [1.29, 1.82) is 0 Å². The monoisotopic (exact) mass is 614 g/mol. The largest absolute Gasteiger partial charge is 0.488 e. The van der Waals surface area contributed by atoms with E-state index in [0.717, 1.165) is 0 Å². The number of pyridine rings is 1. The fourth-order valence-electron chi connectivity index (χ4n) is 5.31. The molecule has 2 fully saturated rings. The maximum absolute atomic E-state index is 14.2. The Hall–Kier alpha value is -3.86. The van der Waals surface area contributed by atoms with E-state index in [0.29, 0.717) is 21.7 Å². The molecule has 43 heavy (non-hydrogen) atoms. The number of aromatic nitrogens is 1. The number of aliphatic carboxylic acids is 1. The second-order valence-corrected chi connectivity index (χ2v) is 13.6.